The predicted molar refractivity (Wildman–Crippen MR) is 68.8 cm³/mol. The van der Waals surface area contributed by atoms with Crippen LogP contribution in [0.3, 0.4) is 0 Å². The summed E-state index contributed by atoms with van der Waals surface area (Å²) in [4.78, 5) is 23.3. The molecule has 0 spiro atoms. The van der Waals surface area contributed by atoms with Crippen molar-refractivity contribution in [1.82, 2.24) is 4.90 Å². The normalized spacial score (nSPS) is 10.4. The Morgan fingerprint density at radius 1 is 1.47 bits per heavy atom. The van der Waals surface area contributed by atoms with Crippen molar-refractivity contribution in [3.63, 3.8) is 0 Å². The lowest BCUT2D eigenvalue weighted by Gasteiger charge is -2.18. The molecule has 2 amide bonds. The number of nitrogens with zero attached hydrogens (tertiary/aromatic N) is 1. The van der Waals surface area contributed by atoms with Gasteiger partial charge in [0, 0.05) is 11.5 Å². The number of urea groups is 1. The molecule has 0 aliphatic rings. The number of amides is 2. The highest BCUT2D eigenvalue weighted by Crippen LogP contribution is 2.22. The van der Waals surface area contributed by atoms with Gasteiger partial charge >= 0.3 is 12.0 Å². The van der Waals surface area contributed by atoms with E-state index in [-0.39, 0.29) is 11.3 Å². The Hall–Kier alpha value is -1.70. The second kappa shape index (κ2) is 6.46. The highest BCUT2D eigenvalue weighted by molar-refractivity contribution is 9.10. The molecule has 8 heteroatoms. The number of carboxylic acid groups (broad SMARTS) is 1. The van der Waals surface area contributed by atoms with Gasteiger partial charge in [-0.05, 0) is 18.2 Å². The number of aromatic carboxylic acids is 1. The lowest BCUT2D eigenvalue weighted by Crippen LogP contribution is -2.35. The van der Waals surface area contributed by atoms with Crippen LogP contribution in [0, 0.1) is 0 Å². The van der Waals surface area contributed by atoms with E-state index in [1.807, 2.05) is 0 Å². The molecule has 0 aliphatic heterocycles. The number of nitrogens with one attached hydrogen (secondary N) is 1. The summed E-state index contributed by atoms with van der Waals surface area (Å²) in [6, 6.07) is 3.38. The Morgan fingerprint density at radius 3 is 2.63 bits per heavy atom. The molecule has 0 aliphatic carbocycles. The number of hydrogen-bond acceptors (Lipinski definition) is 2. The van der Waals surface area contributed by atoms with Crippen LogP contribution in [0.5, 0.6) is 0 Å². The summed E-state index contributed by atoms with van der Waals surface area (Å²) in [5.41, 5.74) is -0.0880. The average molecular weight is 337 g/mol. The Labute approximate surface area is 116 Å². The maximum absolute atomic E-state index is 12.1. The molecular weight excluding hydrogens is 326 g/mol. The summed E-state index contributed by atoms with van der Waals surface area (Å²) in [6.45, 7) is -0.734. The van der Waals surface area contributed by atoms with Gasteiger partial charge in [0.15, 0.2) is 0 Å². The zero-order chi connectivity index (χ0) is 14.6. The first-order valence-corrected chi connectivity index (χ1v) is 5.93. The number of hydrogen-bond donors (Lipinski definition) is 2. The second-order valence-corrected chi connectivity index (χ2v) is 4.61. The van der Waals surface area contributed by atoms with E-state index >= 15 is 0 Å². The standard InChI is InChI=1S/C11H11BrF2N2O3/c1-16(5-9(13)14)11(19)15-8-4-6(12)2-3-7(8)10(17)18/h2-4,9H,5H2,1H3,(H,15,19)(H,17,18). The zero-order valence-corrected chi connectivity index (χ0v) is 11.4. The second-order valence-electron chi connectivity index (χ2n) is 3.70. The van der Waals surface area contributed by atoms with Crippen molar-refractivity contribution < 1.29 is 23.5 Å². The third kappa shape index (κ3) is 4.47. The van der Waals surface area contributed by atoms with Crippen molar-refractivity contribution in [3.05, 3.63) is 28.2 Å². The van der Waals surface area contributed by atoms with E-state index in [9.17, 15) is 18.4 Å². The Kier molecular flexibility index (Phi) is 5.22. The summed E-state index contributed by atoms with van der Waals surface area (Å²) in [6.07, 6.45) is -2.66. The number of benzene rings is 1. The minimum Gasteiger partial charge on any atom is -0.478 e. The smallest absolute Gasteiger partial charge is 0.337 e. The van der Waals surface area contributed by atoms with Crippen LogP contribution in [-0.4, -0.2) is 42.0 Å². The SMILES string of the molecule is CN(CC(F)F)C(=O)Nc1cc(Br)ccc1C(=O)O. The fourth-order valence-corrected chi connectivity index (χ4v) is 1.67. The van der Waals surface area contributed by atoms with Gasteiger partial charge in [-0.25, -0.2) is 18.4 Å². The van der Waals surface area contributed by atoms with E-state index in [1.165, 1.54) is 25.2 Å². The quantitative estimate of drug-likeness (QED) is 0.888. The molecule has 0 aromatic heterocycles. The monoisotopic (exact) mass is 336 g/mol. The first-order valence-electron chi connectivity index (χ1n) is 5.14. The average Bonchev–Trinajstić information content (AvgIpc) is 2.27. The van der Waals surface area contributed by atoms with Crippen molar-refractivity contribution in [1.29, 1.82) is 0 Å². The van der Waals surface area contributed by atoms with Crippen LogP contribution >= 0.6 is 15.9 Å². The number of carbonyl (C=O) groups excluding carboxylic acids is 1. The van der Waals surface area contributed by atoms with Gasteiger partial charge < -0.3 is 15.3 Å². The molecule has 0 saturated carbocycles. The van der Waals surface area contributed by atoms with Crippen molar-refractivity contribution in [3.8, 4) is 0 Å². The fourth-order valence-electron chi connectivity index (χ4n) is 1.31. The van der Waals surface area contributed by atoms with Crippen LogP contribution in [0.4, 0.5) is 19.3 Å². The largest absolute Gasteiger partial charge is 0.478 e. The van der Waals surface area contributed by atoms with E-state index in [0.717, 1.165) is 4.90 Å². The van der Waals surface area contributed by atoms with Crippen LogP contribution in [0.2, 0.25) is 0 Å². The first kappa shape index (κ1) is 15.4. The Bertz CT molecular complexity index is 497. The lowest BCUT2D eigenvalue weighted by molar-refractivity contribution is 0.0698. The molecule has 1 rings (SSSR count). The first-order chi connectivity index (χ1) is 8.81. The molecule has 104 valence electrons. The molecule has 2 N–H and O–H groups in total. The number of halogens is 3. The molecule has 0 radical (unpaired) electrons. The zero-order valence-electron chi connectivity index (χ0n) is 9.86. The lowest BCUT2D eigenvalue weighted by atomic mass is 10.2. The summed E-state index contributed by atoms with van der Waals surface area (Å²) < 4.78 is 24.8. The maximum atomic E-state index is 12.1. The number of carboxylic acids is 1. The summed E-state index contributed by atoms with van der Waals surface area (Å²) in [5, 5.41) is 11.2. The molecule has 5 nitrogen and oxygen atoms in total. The third-order valence-electron chi connectivity index (χ3n) is 2.21. The van der Waals surface area contributed by atoms with Crippen molar-refractivity contribution >= 4 is 33.6 Å². The van der Waals surface area contributed by atoms with Crippen molar-refractivity contribution in [2.45, 2.75) is 6.43 Å². The molecule has 1 aromatic rings. The minimum atomic E-state index is -2.66. The molecule has 0 saturated heterocycles. The summed E-state index contributed by atoms with van der Waals surface area (Å²) in [5.74, 6) is -1.22. The van der Waals surface area contributed by atoms with Gasteiger partial charge in [0.1, 0.15) is 0 Å². The number of alkyl halides is 2. The van der Waals surface area contributed by atoms with Gasteiger partial charge in [-0.3, -0.25) is 0 Å². The van der Waals surface area contributed by atoms with E-state index in [1.54, 1.807) is 0 Å². The van der Waals surface area contributed by atoms with Crippen LogP contribution in [0.15, 0.2) is 22.7 Å². The highest BCUT2D eigenvalue weighted by Gasteiger charge is 2.17. The van der Waals surface area contributed by atoms with Gasteiger partial charge in [-0.15, -0.1) is 0 Å². The summed E-state index contributed by atoms with van der Waals surface area (Å²) >= 11 is 3.13. The molecule has 0 bridgehead atoms. The van der Waals surface area contributed by atoms with Gasteiger partial charge in [-0.1, -0.05) is 15.9 Å². The number of carbonyl (C=O) groups is 2. The van der Waals surface area contributed by atoms with Gasteiger partial charge in [-0.2, -0.15) is 0 Å². The molecule has 1 aromatic carbocycles. The Balaban J connectivity index is 2.89. The van der Waals surface area contributed by atoms with Crippen LogP contribution in [-0.2, 0) is 0 Å². The van der Waals surface area contributed by atoms with Gasteiger partial charge in [0.25, 0.3) is 6.43 Å². The predicted octanol–water partition coefficient (Wildman–Crippen LogP) is 2.88. The maximum Gasteiger partial charge on any atom is 0.337 e. The van der Waals surface area contributed by atoms with E-state index in [0.29, 0.717) is 4.47 Å². The number of anilines is 1. The molecular formula is C11H11BrF2N2O3. The van der Waals surface area contributed by atoms with Crippen molar-refractivity contribution in [2.75, 3.05) is 18.9 Å². The van der Waals surface area contributed by atoms with Crippen molar-refractivity contribution in [2.24, 2.45) is 0 Å². The van der Waals surface area contributed by atoms with E-state index in [4.69, 9.17) is 5.11 Å². The molecule has 0 unspecified atom stereocenters. The number of rotatable bonds is 4. The molecule has 0 heterocycles. The van der Waals surface area contributed by atoms with Crippen LogP contribution in [0.25, 0.3) is 0 Å². The van der Waals surface area contributed by atoms with Crippen LogP contribution in [0.1, 0.15) is 10.4 Å². The van der Waals surface area contributed by atoms with Gasteiger partial charge in [0.05, 0.1) is 17.8 Å². The topological polar surface area (TPSA) is 69.6 Å². The summed E-state index contributed by atoms with van der Waals surface area (Å²) in [7, 11) is 1.19. The van der Waals surface area contributed by atoms with Gasteiger partial charge in [0.2, 0.25) is 0 Å². The highest BCUT2D eigenvalue weighted by atomic mass is 79.9. The molecule has 0 fully saturated rings. The molecule has 0 atom stereocenters. The van der Waals surface area contributed by atoms with Crippen LogP contribution < -0.4 is 5.32 Å². The fraction of sp³-hybridized carbons (Fsp3) is 0.273. The third-order valence-corrected chi connectivity index (χ3v) is 2.71. The van der Waals surface area contributed by atoms with E-state index in [2.05, 4.69) is 21.2 Å². The minimum absolute atomic E-state index is 0.0352. The van der Waals surface area contributed by atoms with E-state index < -0.39 is 25.0 Å². The molecule has 19 heavy (non-hydrogen) atoms. The Morgan fingerprint density at radius 2 is 2.11 bits per heavy atom.